The van der Waals surface area contributed by atoms with E-state index in [9.17, 15) is 27.9 Å². The lowest BCUT2D eigenvalue weighted by atomic mass is 9.82. The standard InChI is InChI=1S/C15H17F3N2O5/c1-3-25-12(21)10-11(8-4-6-9(24-2)7-5-8)19-13(22)20-14(10,23)15(16,17)18/h4-7,10-11,23H,3H2,1-2H3,(H2,19,20,22). The summed E-state index contributed by atoms with van der Waals surface area (Å²) in [6.45, 7) is 1.23. The lowest BCUT2D eigenvalue weighted by Crippen LogP contribution is -2.73. The normalized spacial score (nSPS) is 26.4. The molecule has 0 saturated carbocycles. The van der Waals surface area contributed by atoms with Crippen molar-refractivity contribution in [1.29, 1.82) is 0 Å². The number of carbonyl (C=O) groups excluding carboxylic acids is 2. The van der Waals surface area contributed by atoms with E-state index >= 15 is 0 Å². The Balaban J connectivity index is 2.53. The van der Waals surface area contributed by atoms with Gasteiger partial charge in [-0.1, -0.05) is 12.1 Å². The first-order valence-corrected chi connectivity index (χ1v) is 7.32. The molecule has 25 heavy (non-hydrogen) atoms. The van der Waals surface area contributed by atoms with Crippen molar-refractivity contribution >= 4 is 12.0 Å². The fourth-order valence-electron chi connectivity index (χ4n) is 2.63. The van der Waals surface area contributed by atoms with Gasteiger partial charge in [-0.15, -0.1) is 0 Å². The summed E-state index contributed by atoms with van der Waals surface area (Å²) in [6.07, 6.45) is -5.30. The molecule has 0 aromatic heterocycles. The van der Waals surface area contributed by atoms with Gasteiger partial charge in [0.1, 0.15) is 11.7 Å². The molecule has 3 unspecified atom stereocenters. The molecule has 1 saturated heterocycles. The van der Waals surface area contributed by atoms with E-state index < -0.39 is 35.9 Å². The number of hydrogen-bond donors (Lipinski definition) is 3. The highest BCUT2D eigenvalue weighted by Crippen LogP contribution is 2.43. The number of rotatable bonds is 4. The van der Waals surface area contributed by atoms with Crippen molar-refractivity contribution in [1.82, 2.24) is 10.6 Å². The Morgan fingerprint density at radius 3 is 2.40 bits per heavy atom. The van der Waals surface area contributed by atoms with Gasteiger partial charge in [-0.2, -0.15) is 13.2 Å². The number of aliphatic hydroxyl groups is 1. The van der Waals surface area contributed by atoms with Crippen molar-refractivity contribution < 1.29 is 37.3 Å². The Labute approximate surface area is 141 Å². The molecule has 3 N–H and O–H groups in total. The molecule has 1 aromatic rings. The van der Waals surface area contributed by atoms with Crippen molar-refractivity contribution in [3.8, 4) is 5.75 Å². The van der Waals surface area contributed by atoms with Crippen LogP contribution in [0.1, 0.15) is 18.5 Å². The molecule has 1 aliphatic rings. The number of amides is 2. The van der Waals surface area contributed by atoms with Crippen LogP contribution in [0.15, 0.2) is 24.3 Å². The number of urea groups is 1. The molecule has 1 heterocycles. The topological polar surface area (TPSA) is 96.9 Å². The number of benzene rings is 1. The van der Waals surface area contributed by atoms with Crippen LogP contribution < -0.4 is 15.4 Å². The fourth-order valence-corrected chi connectivity index (χ4v) is 2.63. The third-order valence-electron chi connectivity index (χ3n) is 3.82. The molecule has 0 radical (unpaired) electrons. The molecule has 2 amide bonds. The summed E-state index contributed by atoms with van der Waals surface area (Å²) >= 11 is 0. The summed E-state index contributed by atoms with van der Waals surface area (Å²) in [5.74, 6) is -3.00. The van der Waals surface area contributed by atoms with E-state index in [1.807, 2.05) is 0 Å². The molecular formula is C15H17F3N2O5. The van der Waals surface area contributed by atoms with Gasteiger partial charge in [0.05, 0.1) is 19.8 Å². The van der Waals surface area contributed by atoms with Gasteiger partial charge in [0.2, 0.25) is 0 Å². The Hall–Kier alpha value is -2.49. The molecule has 0 bridgehead atoms. The Bertz CT molecular complexity index is 650. The summed E-state index contributed by atoms with van der Waals surface area (Å²) < 4.78 is 50.0. The van der Waals surface area contributed by atoms with Crippen LogP contribution in [0.4, 0.5) is 18.0 Å². The number of carbonyl (C=O) groups is 2. The maximum atomic E-state index is 13.4. The van der Waals surface area contributed by atoms with Crippen molar-refractivity contribution in [2.75, 3.05) is 13.7 Å². The summed E-state index contributed by atoms with van der Waals surface area (Å²) in [6, 6.07) is 2.97. The second-order valence-electron chi connectivity index (χ2n) is 5.34. The van der Waals surface area contributed by atoms with Gasteiger partial charge in [0, 0.05) is 0 Å². The molecule has 0 spiro atoms. The zero-order valence-electron chi connectivity index (χ0n) is 13.4. The molecule has 138 valence electrons. The third kappa shape index (κ3) is 3.48. The Kier molecular flexibility index (Phi) is 5.12. The highest BCUT2D eigenvalue weighted by atomic mass is 19.4. The Morgan fingerprint density at radius 1 is 1.32 bits per heavy atom. The van der Waals surface area contributed by atoms with Crippen LogP contribution >= 0.6 is 0 Å². The first kappa shape index (κ1) is 18.8. The molecule has 2 rings (SSSR count). The number of nitrogens with one attached hydrogen (secondary N) is 2. The molecule has 3 atom stereocenters. The number of esters is 1. The van der Waals surface area contributed by atoms with Crippen LogP contribution in [-0.2, 0) is 9.53 Å². The van der Waals surface area contributed by atoms with Gasteiger partial charge in [-0.3, -0.25) is 4.79 Å². The van der Waals surface area contributed by atoms with E-state index in [0.29, 0.717) is 5.75 Å². The zero-order chi connectivity index (χ0) is 18.8. The van der Waals surface area contributed by atoms with E-state index in [-0.39, 0.29) is 12.2 Å². The largest absolute Gasteiger partial charge is 0.497 e. The number of alkyl halides is 3. The van der Waals surface area contributed by atoms with Crippen LogP contribution in [0, 0.1) is 5.92 Å². The van der Waals surface area contributed by atoms with Crippen LogP contribution in [-0.4, -0.2) is 42.7 Å². The SMILES string of the molecule is CCOC(=O)C1C(c2ccc(OC)cc2)NC(=O)NC1(O)C(F)(F)F. The Morgan fingerprint density at radius 2 is 1.92 bits per heavy atom. The lowest BCUT2D eigenvalue weighted by molar-refractivity contribution is -0.294. The molecule has 0 aliphatic carbocycles. The number of hydrogen-bond acceptors (Lipinski definition) is 5. The second-order valence-corrected chi connectivity index (χ2v) is 5.34. The molecule has 7 nitrogen and oxygen atoms in total. The minimum absolute atomic E-state index is 0.177. The van der Waals surface area contributed by atoms with Crippen LogP contribution in [0.3, 0.4) is 0 Å². The van der Waals surface area contributed by atoms with E-state index in [1.165, 1.54) is 43.6 Å². The maximum absolute atomic E-state index is 13.4. The van der Waals surface area contributed by atoms with Gasteiger partial charge in [0.25, 0.3) is 5.72 Å². The monoisotopic (exact) mass is 362 g/mol. The second kappa shape index (κ2) is 6.79. The molecule has 1 aromatic carbocycles. The van der Waals surface area contributed by atoms with Gasteiger partial charge in [-0.05, 0) is 24.6 Å². The summed E-state index contributed by atoms with van der Waals surface area (Å²) in [5, 5.41) is 13.8. The third-order valence-corrected chi connectivity index (χ3v) is 3.82. The van der Waals surface area contributed by atoms with E-state index in [2.05, 4.69) is 10.1 Å². The molecule has 10 heteroatoms. The van der Waals surface area contributed by atoms with Crippen molar-refractivity contribution in [2.24, 2.45) is 5.92 Å². The van der Waals surface area contributed by atoms with Crippen LogP contribution in [0.2, 0.25) is 0 Å². The smallest absolute Gasteiger partial charge is 0.437 e. The van der Waals surface area contributed by atoms with E-state index in [4.69, 9.17) is 4.74 Å². The first-order chi connectivity index (χ1) is 11.6. The number of ether oxygens (including phenoxy) is 2. The zero-order valence-corrected chi connectivity index (χ0v) is 13.4. The first-order valence-electron chi connectivity index (χ1n) is 7.32. The van der Waals surface area contributed by atoms with Gasteiger partial charge in [-0.25, -0.2) is 4.79 Å². The summed E-state index contributed by atoms with van der Waals surface area (Å²) in [5.41, 5.74) is -3.59. The highest BCUT2D eigenvalue weighted by molar-refractivity contribution is 5.83. The molecule has 1 fully saturated rings. The molecule has 1 aliphatic heterocycles. The van der Waals surface area contributed by atoms with Gasteiger partial charge < -0.3 is 25.2 Å². The maximum Gasteiger partial charge on any atom is 0.437 e. The van der Waals surface area contributed by atoms with Crippen molar-refractivity contribution in [3.05, 3.63) is 29.8 Å². The fraction of sp³-hybridized carbons (Fsp3) is 0.467. The van der Waals surface area contributed by atoms with Crippen LogP contribution in [0.25, 0.3) is 0 Å². The number of methoxy groups -OCH3 is 1. The number of halogens is 3. The predicted molar refractivity (Wildman–Crippen MR) is 78.5 cm³/mol. The quantitative estimate of drug-likeness (QED) is 0.705. The van der Waals surface area contributed by atoms with E-state index in [1.54, 1.807) is 0 Å². The predicted octanol–water partition coefficient (Wildman–Crippen LogP) is 1.48. The summed E-state index contributed by atoms with van der Waals surface area (Å²) in [7, 11) is 1.41. The van der Waals surface area contributed by atoms with Crippen molar-refractivity contribution in [2.45, 2.75) is 24.9 Å². The average Bonchev–Trinajstić information content (AvgIpc) is 2.53. The summed E-state index contributed by atoms with van der Waals surface area (Å²) in [4.78, 5) is 23.9. The minimum atomic E-state index is -5.30. The van der Waals surface area contributed by atoms with Gasteiger partial charge >= 0.3 is 18.2 Å². The lowest BCUT2D eigenvalue weighted by Gasteiger charge is -2.44. The van der Waals surface area contributed by atoms with Gasteiger partial charge in [0.15, 0.2) is 0 Å². The average molecular weight is 362 g/mol. The van der Waals surface area contributed by atoms with Crippen LogP contribution in [0.5, 0.6) is 5.75 Å². The van der Waals surface area contributed by atoms with E-state index in [0.717, 1.165) is 0 Å². The highest BCUT2D eigenvalue weighted by Gasteiger charge is 2.67. The minimum Gasteiger partial charge on any atom is -0.497 e. The van der Waals surface area contributed by atoms with Crippen molar-refractivity contribution in [3.63, 3.8) is 0 Å². The molecular weight excluding hydrogens is 345 g/mol.